The monoisotopic (exact) mass is 533 g/mol. The van der Waals surface area contributed by atoms with Gasteiger partial charge in [-0.3, -0.25) is 4.99 Å². The molecular formula is C20H28IN3O4S. The van der Waals surface area contributed by atoms with Crippen LogP contribution in [0.5, 0.6) is 11.5 Å². The molecule has 7 nitrogen and oxygen atoms in total. The quantitative estimate of drug-likeness (QED) is 0.222. The maximum atomic E-state index is 12.3. The number of anilines is 1. The number of ether oxygens (including phenoxy) is 2. The fourth-order valence-corrected chi connectivity index (χ4v) is 3.88. The van der Waals surface area contributed by atoms with E-state index in [9.17, 15) is 8.42 Å². The zero-order valence-electron chi connectivity index (χ0n) is 16.8. The van der Waals surface area contributed by atoms with Crippen LogP contribution < -0.4 is 20.1 Å². The van der Waals surface area contributed by atoms with Crippen LogP contribution in [-0.2, 0) is 9.84 Å². The molecule has 0 atom stereocenters. The predicted molar refractivity (Wildman–Crippen MR) is 128 cm³/mol. The first-order chi connectivity index (χ1) is 13.5. The molecule has 2 aromatic carbocycles. The van der Waals surface area contributed by atoms with Gasteiger partial charge in [0.1, 0.15) is 0 Å². The maximum Gasteiger partial charge on any atom is 0.195 e. The molecule has 9 heteroatoms. The van der Waals surface area contributed by atoms with Gasteiger partial charge < -0.3 is 20.1 Å². The van der Waals surface area contributed by atoms with Crippen LogP contribution in [0.3, 0.4) is 0 Å². The fraction of sp³-hybridized carbons (Fsp3) is 0.350. The topological polar surface area (TPSA) is 89.0 Å². The number of rotatable bonds is 9. The van der Waals surface area contributed by atoms with Crippen molar-refractivity contribution in [2.24, 2.45) is 4.99 Å². The molecule has 0 bridgehead atoms. The van der Waals surface area contributed by atoms with E-state index < -0.39 is 9.84 Å². The molecule has 0 aliphatic rings. The van der Waals surface area contributed by atoms with Crippen molar-refractivity contribution in [3.05, 3.63) is 48.5 Å². The standard InChI is InChI=1S/C20H27N3O4S.HI/c1-4-27-18-12-11-16(15-19(18)26-3)23-20(21-2)22-13-8-14-28(24,25)17-9-6-5-7-10-17;/h5-7,9-12,15H,4,8,13-14H2,1-3H3,(H2,21,22,23);1H. The van der Waals surface area contributed by atoms with E-state index in [0.717, 1.165) is 5.69 Å². The Labute approximate surface area is 189 Å². The van der Waals surface area contributed by atoms with Crippen molar-refractivity contribution < 1.29 is 17.9 Å². The minimum absolute atomic E-state index is 0. The molecule has 0 fully saturated rings. The summed E-state index contributed by atoms with van der Waals surface area (Å²) in [7, 11) is -0.0340. The van der Waals surface area contributed by atoms with E-state index in [-0.39, 0.29) is 29.7 Å². The van der Waals surface area contributed by atoms with E-state index >= 15 is 0 Å². The summed E-state index contributed by atoms with van der Waals surface area (Å²) in [6.45, 7) is 2.94. The van der Waals surface area contributed by atoms with Gasteiger partial charge >= 0.3 is 0 Å². The summed E-state index contributed by atoms with van der Waals surface area (Å²) in [5, 5.41) is 6.28. The van der Waals surface area contributed by atoms with Crippen LogP contribution in [0.1, 0.15) is 13.3 Å². The average molecular weight is 533 g/mol. The number of sulfone groups is 1. The van der Waals surface area contributed by atoms with E-state index in [1.54, 1.807) is 44.5 Å². The smallest absolute Gasteiger partial charge is 0.195 e. The van der Waals surface area contributed by atoms with E-state index in [0.29, 0.717) is 41.9 Å². The largest absolute Gasteiger partial charge is 0.493 e. The molecule has 0 saturated heterocycles. The molecule has 0 amide bonds. The van der Waals surface area contributed by atoms with Crippen LogP contribution in [0.25, 0.3) is 0 Å². The second-order valence-electron chi connectivity index (χ2n) is 5.91. The Morgan fingerprint density at radius 3 is 2.45 bits per heavy atom. The first-order valence-corrected chi connectivity index (χ1v) is 10.7. The average Bonchev–Trinajstić information content (AvgIpc) is 2.72. The molecule has 2 aromatic rings. The summed E-state index contributed by atoms with van der Waals surface area (Å²) >= 11 is 0. The number of nitrogens with one attached hydrogen (secondary N) is 2. The van der Waals surface area contributed by atoms with Crippen molar-refractivity contribution in [3.8, 4) is 11.5 Å². The van der Waals surface area contributed by atoms with Gasteiger partial charge in [-0.05, 0) is 37.6 Å². The number of benzene rings is 2. The zero-order valence-corrected chi connectivity index (χ0v) is 20.0. The van der Waals surface area contributed by atoms with Crippen LogP contribution in [0.15, 0.2) is 58.4 Å². The summed E-state index contributed by atoms with van der Waals surface area (Å²) in [5.74, 6) is 1.90. The second kappa shape index (κ2) is 12.5. The second-order valence-corrected chi connectivity index (χ2v) is 8.02. The Bertz CT molecular complexity index is 890. The first-order valence-electron chi connectivity index (χ1n) is 9.06. The van der Waals surface area contributed by atoms with Gasteiger partial charge in [0, 0.05) is 25.3 Å². The van der Waals surface area contributed by atoms with Gasteiger partial charge in [0.15, 0.2) is 27.3 Å². The molecule has 0 heterocycles. The first kappa shape index (κ1) is 25.0. The molecule has 0 unspecified atom stereocenters. The molecule has 0 aliphatic heterocycles. The summed E-state index contributed by atoms with van der Waals surface area (Å²) in [4.78, 5) is 4.51. The highest BCUT2D eigenvalue weighted by Crippen LogP contribution is 2.30. The highest BCUT2D eigenvalue weighted by atomic mass is 127. The molecule has 2 N–H and O–H groups in total. The lowest BCUT2D eigenvalue weighted by Gasteiger charge is -2.14. The zero-order chi connectivity index (χ0) is 20.4. The Morgan fingerprint density at radius 2 is 1.83 bits per heavy atom. The van der Waals surface area contributed by atoms with E-state index in [2.05, 4.69) is 15.6 Å². The van der Waals surface area contributed by atoms with Crippen molar-refractivity contribution >= 4 is 45.5 Å². The highest BCUT2D eigenvalue weighted by Gasteiger charge is 2.13. The van der Waals surface area contributed by atoms with Gasteiger partial charge in [0.05, 0.1) is 24.4 Å². The summed E-state index contributed by atoms with van der Waals surface area (Å²) < 4.78 is 35.4. The molecule has 2 rings (SSSR count). The molecule has 29 heavy (non-hydrogen) atoms. The minimum atomic E-state index is -3.27. The number of nitrogens with zero attached hydrogens (tertiary/aromatic N) is 1. The number of halogens is 1. The van der Waals surface area contributed by atoms with Crippen molar-refractivity contribution in [3.63, 3.8) is 0 Å². The number of hydrogen-bond acceptors (Lipinski definition) is 5. The minimum Gasteiger partial charge on any atom is -0.493 e. The lowest BCUT2D eigenvalue weighted by atomic mass is 10.2. The summed E-state index contributed by atoms with van der Waals surface area (Å²) in [6, 6.07) is 14.0. The fourth-order valence-electron chi connectivity index (χ4n) is 2.55. The van der Waals surface area contributed by atoms with E-state index in [4.69, 9.17) is 9.47 Å². The van der Waals surface area contributed by atoms with Crippen LogP contribution in [-0.4, -0.2) is 47.4 Å². The molecule has 0 saturated carbocycles. The lowest BCUT2D eigenvalue weighted by Crippen LogP contribution is -2.32. The van der Waals surface area contributed by atoms with Crippen molar-refractivity contribution in [1.29, 1.82) is 0 Å². The third kappa shape index (κ3) is 7.73. The molecule has 0 spiro atoms. The Morgan fingerprint density at radius 1 is 1.10 bits per heavy atom. The van der Waals surface area contributed by atoms with Crippen LogP contribution in [0.4, 0.5) is 5.69 Å². The number of methoxy groups -OCH3 is 1. The third-order valence-electron chi connectivity index (χ3n) is 3.93. The normalized spacial score (nSPS) is 11.3. The van der Waals surface area contributed by atoms with Gasteiger partial charge in [-0.2, -0.15) is 0 Å². The van der Waals surface area contributed by atoms with Gasteiger partial charge in [-0.1, -0.05) is 18.2 Å². The van der Waals surface area contributed by atoms with Crippen molar-refractivity contribution in [2.45, 2.75) is 18.2 Å². The SMILES string of the molecule is CCOc1ccc(NC(=NC)NCCCS(=O)(=O)c2ccccc2)cc1OC.I. The number of hydrogen-bond donors (Lipinski definition) is 2. The van der Waals surface area contributed by atoms with Crippen LogP contribution >= 0.6 is 24.0 Å². The van der Waals surface area contributed by atoms with Gasteiger partial charge in [0.2, 0.25) is 0 Å². The predicted octanol–water partition coefficient (Wildman–Crippen LogP) is 3.56. The molecule has 160 valence electrons. The van der Waals surface area contributed by atoms with Crippen molar-refractivity contribution in [1.82, 2.24) is 5.32 Å². The van der Waals surface area contributed by atoms with Crippen LogP contribution in [0.2, 0.25) is 0 Å². The van der Waals surface area contributed by atoms with E-state index in [1.807, 2.05) is 25.1 Å². The van der Waals surface area contributed by atoms with Crippen LogP contribution in [0, 0.1) is 0 Å². The van der Waals surface area contributed by atoms with Gasteiger partial charge in [0.25, 0.3) is 0 Å². The van der Waals surface area contributed by atoms with Gasteiger partial charge in [-0.15, -0.1) is 24.0 Å². The summed E-state index contributed by atoms with van der Waals surface area (Å²) in [5.41, 5.74) is 0.783. The molecular weight excluding hydrogens is 505 g/mol. The molecule has 0 radical (unpaired) electrons. The highest BCUT2D eigenvalue weighted by molar-refractivity contribution is 14.0. The Hall–Kier alpha value is -2.01. The maximum absolute atomic E-state index is 12.3. The third-order valence-corrected chi connectivity index (χ3v) is 5.75. The number of guanidine groups is 1. The number of aliphatic imine (C=N–C) groups is 1. The Kier molecular flexibility index (Phi) is 10.8. The summed E-state index contributed by atoms with van der Waals surface area (Å²) in [6.07, 6.45) is 0.463. The van der Waals surface area contributed by atoms with Gasteiger partial charge in [-0.25, -0.2) is 8.42 Å². The molecule has 0 aliphatic carbocycles. The lowest BCUT2D eigenvalue weighted by molar-refractivity contribution is 0.311. The molecule has 0 aromatic heterocycles. The Balaban J connectivity index is 0.00000420. The van der Waals surface area contributed by atoms with E-state index in [1.165, 1.54) is 0 Å². The van der Waals surface area contributed by atoms with Crippen molar-refractivity contribution in [2.75, 3.05) is 38.4 Å².